The van der Waals surface area contributed by atoms with Crippen molar-refractivity contribution in [1.29, 1.82) is 0 Å². The minimum atomic E-state index is -0.765. The zero-order chi connectivity index (χ0) is 40.2. The zero-order valence-electron chi connectivity index (χ0n) is 35.0. The summed E-state index contributed by atoms with van der Waals surface area (Å²) in [4.78, 5) is 24.2. The molecule has 0 amide bonds. The number of anilines is 2. The van der Waals surface area contributed by atoms with Gasteiger partial charge < -0.3 is 19.3 Å². The Balaban J connectivity index is 0.911. The molecule has 2 unspecified atom stereocenters. The molecule has 8 nitrogen and oxygen atoms in total. The quantitative estimate of drug-likeness (QED) is 0.151. The number of nitrogens with zero attached hydrogens (tertiary/aromatic N) is 6. The van der Waals surface area contributed by atoms with Gasteiger partial charge in [0, 0.05) is 60.0 Å². The van der Waals surface area contributed by atoms with Gasteiger partial charge in [0.1, 0.15) is 22.9 Å². The van der Waals surface area contributed by atoms with Crippen LogP contribution < -0.4 is 19.3 Å². The van der Waals surface area contributed by atoms with Gasteiger partial charge in [0.2, 0.25) is 11.4 Å². The van der Waals surface area contributed by atoms with Crippen molar-refractivity contribution in [2.45, 2.75) is 103 Å². The average molecular weight is 769 g/mol. The fourth-order valence-corrected chi connectivity index (χ4v) is 10.7. The Morgan fingerprint density at radius 3 is 1.38 bits per heavy atom. The standard InChI is InChI=1S/C50H52N6O2/c1-31-13-17-39-43(33(31)3)47(5,6)49(29-53-45-37-27-51-23-21-35(37)15-19-41(45)57-49)55(39)25-11-9-10-12-26-56-40-18-14-32(2)34(4)44(40)48(7,8)50(56)30-54-46-38-28-52-24-22-36(38)16-20-42(46)58-50/h13-24,27-30H,9-12,25-26H2,1-8H3. The molecule has 2 spiro atoms. The first-order valence-corrected chi connectivity index (χ1v) is 20.9. The first kappa shape index (κ1) is 36.6. The molecule has 294 valence electrons. The summed E-state index contributed by atoms with van der Waals surface area (Å²) in [7, 11) is 0. The molecule has 0 saturated heterocycles. The summed E-state index contributed by atoms with van der Waals surface area (Å²) in [6.45, 7) is 19.9. The third kappa shape index (κ3) is 4.93. The van der Waals surface area contributed by atoms with E-state index in [2.05, 4.69) is 136 Å². The highest BCUT2D eigenvalue weighted by molar-refractivity contribution is 6.01. The first-order chi connectivity index (χ1) is 27.9. The van der Waals surface area contributed by atoms with Gasteiger partial charge in [-0.2, -0.15) is 0 Å². The lowest BCUT2D eigenvalue weighted by atomic mass is 9.75. The van der Waals surface area contributed by atoms with Gasteiger partial charge in [0.05, 0.1) is 23.3 Å². The number of aromatic nitrogens is 2. The number of unbranched alkanes of at least 4 members (excludes halogenated alkanes) is 3. The maximum Gasteiger partial charge on any atom is 0.228 e. The van der Waals surface area contributed by atoms with Gasteiger partial charge in [-0.1, -0.05) is 37.1 Å². The van der Waals surface area contributed by atoms with Gasteiger partial charge in [-0.15, -0.1) is 0 Å². The van der Waals surface area contributed by atoms with Crippen molar-refractivity contribution in [3.63, 3.8) is 0 Å². The van der Waals surface area contributed by atoms with E-state index in [1.165, 1.54) is 44.8 Å². The molecule has 4 aliphatic heterocycles. The van der Waals surface area contributed by atoms with Crippen LogP contribution in [0.4, 0.5) is 22.7 Å². The van der Waals surface area contributed by atoms with E-state index in [0.717, 1.165) is 83.2 Å². The van der Waals surface area contributed by atoms with Crippen molar-refractivity contribution in [3.05, 3.63) is 119 Å². The summed E-state index contributed by atoms with van der Waals surface area (Å²) in [5, 5.41) is 4.24. The SMILES string of the molecule is Cc1ccc2c(c1C)C(C)(C)C1(C=Nc3c(ccc4ccncc34)O1)N2CCCCCCN1c2ccc(C)c(C)c2C(C)(C)C12C=Nc1c(ccc3ccncc13)O2. The summed E-state index contributed by atoms with van der Waals surface area (Å²) in [6.07, 6.45) is 15.8. The molecule has 10 rings (SSSR count). The number of aryl methyl sites for hydroxylation is 2. The molecule has 6 aromatic rings. The summed E-state index contributed by atoms with van der Waals surface area (Å²) >= 11 is 0. The van der Waals surface area contributed by atoms with Crippen LogP contribution in [0.5, 0.6) is 11.5 Å². The molecule has 0 aliphatic carbocycles. The minimum absolute atomic E-state index is 0.354. The van der Waals surface area contributed by atoms with Crippen molar-refractivity contribution in [2.75, 3.05) is 22.9 Å². The van der Waals surface area contributed by atoms with E-state index in [1.54, 1.807) is 0 Å². The molecular weight excluding hydrogens is 717 g/mol. The van der Waals surface area contributed by atoms with Gasteiger partial charge in [0.25, 0.3) is 0 Å². The van der Waals surface area contributed by atoms with Crippen LogP contribution in [0, 0.1) is 27.7 Å². The molecule has 0 radical (unpaired) electrons. The summed E-state index contributed by atoms with van der Waals surface area (Å²) < 4.78 is 14.5. The van der Waals surface area contributed by atoms with Crippen LogP contribution in [0.2, 0.25) is 0 Å². The van der Waals surface area contributed by atoms with E-state index in [1.807, 2.05) is 36.9 Å². The molecule has 58 heavy (non-hydrogen) atoms. The van der Waals surface area contributed by atoms with Crippen molar-refractivity contribution in [1.82, 2.24) is 9.97 Å². The molecule has 8 heteroatoms. The lowest BCUT2D eigenvalue weighted by Crippen LogP contribution is -2.62. The van der Waals surface area contributed by atoms with Crippen LogP contribution in [0.15, 0.2) is 95.4 Å². The summed E-state index contributed by atoms with van der Waals surface area (Å²) in [6, 6.07) is 21.6. The second-order valence-corrected chi connectivity index (χ2v) is 17.9. The Morgan fingerprint density at radius 1 is 0.517 bits per heavy atom. The van der Waals surface area contributed by atoms with E-state index in [9.17, 15) is 0 Å². The molecule has 2 atom stereocenters. The highest BCUT2D eigenvalue weighted by atomic mass is 16.5. The Hall–Kier alpha value is -5.76. The zero-order valence-corrected chi connectivity index (χ0v) is 35.0. The monoisotopic (exact) mass is 768 g/mol. The predicted octanol–water partition coefficient (Wildman–Crippen LogP) is 11.5. The maximum atomic E-state index is 7.24. The fourth-order valence-electron chi connectivity index (χ4n) is 10.7. The molecule has 6 heterocycles. The van der Waals surface area contributed by atoms with Crippen LogP contribution in [-0.4, -0.2) is 46.9 Å². The van der Waals surface area contributed by atoms with Gasteiger partial charge in [-0.25, -0.2) is 0 Å². The number of benzene rings is 4. The highest BCUT2D eigenvalue weighted by Crippen LogP contribution is 2.58. The van der Waals surface area contributed by atoms with E-state index in [-0.39, 0.29) is 10.8 Å². The molecule has 2 aromatic heterocycles. The highest BCUT2D eigenvalue weighted by Gasteiger charge is 2.61. The largest absolute Gasteiger partial charge is 0.459 e. The molecule has 4 aromatic carbocycles. The second-order valence-electron chi connectivity index (χ2n) is 17.9. The van der Waals surface area contributed by atoms with Crippen LogP contribution in [0.1, 0.15) is 86.8 Å². The summed E-state index contributed by atoms with van der Waals surface area (Å²) in [5.41, 5.74) is 9.88. The molecule has 0 N–H and O–H groups in total. The summed E-state index contributed by atoms with van der Waals surface area (Å²) in [5.74, 6) is 1.61. The fraction of sp³-hybridized carbons (Fsp3) is 0.360. The van der Waals surface area contributed by atoms with E-state index >= 15 is 0 Å². The first-order valence-electron chi connectivity index (χ1n) is 20.9. The van der Waals surface area contributed by atoms with E-state index < -0.39 is 11.4 Å². The number of aliphatic imine (C=N–C) groups is 2. The molecule has 0 saturated carbocycles. The lowest BCUT2D eigenvalue weighted by Gasteiger charge is -2.46. The number of hydrogen-bond acceptors (Lipinski definition) is 8. The van der Waals surface area contributed by atoms with Crippen LogP contribution in [0.25, 0.3) is 21.5 Å². The van der Waals surface area contributed by atoms with Crippen LogP contribution in [-0.2, 0) is 10.8 Å². The van der Waals surface area contributed by atoms with Gasteiger partial charge in [0.15, 0.2) is 0 Å². The van der Waals surface area contributed by atoms with Crippen molar-refractivity contribution in [3.8, 4) is 11.5 Å². The molecule has 0 fully saturated rings. The molecule has 4 aliphatic rings. The van der Waals surface area contributed by atoms with Crippen molar-refractivity contribution >= 4 is 56.7 Å². The van der Waals surface area contributed by atoms with E-state index in [0.29, 0.717) is 0 Å². The Kier molecular flexibility index (Phi) is 8.12. The van der Waals surface area contributed by atoms with Crippen LogP contribution in [0.3, 0.4) is 0 Å². The van der Waals surface area contributed by atoms with Gasteiger partial charge in [-0.3, -0.25) is 20.0 Å². The predicted molar refractivity (Wildman–Crippen MR) is 238 cm³/mol. The lowest BCUT2D eigenvalue weighted by molar-refractivity contribution is 0.0765. The average Bonchev–Trinajstić information content (AvgIpc) is 3.51. The van der Waals surface area contributed by atoms with Crippen LogP contribution >= 0.6 is 0 Å². The molecular formula is C50H52N6O2. The number of hydrogen-bond donors (Lipinski definition) is 0. The Labute approximate surface area is 341 Å². The van der Waals surface area contributed by atoms with Gasteiger partial charge >= 0.3 is 0 Å². The Bertz CT molecular complexity index is 2550. The maximum absolute atomic E-state index is 7.24. The Morgan fingerprint density at radius 2 is 0.948 bits per heavy atom. The second kappa shape index (κ2) is 12.9. The van der Waals surface area contributed by atoms with Crippen molar-refractivity contribution in [2.24, 2.45) is 9.98 Å². The molecule has 0 bridgehead atoms. The van der Waals surface area contributed by atoms with Gasteiger partial charge in [-0.05, 0) is 149 Å². The van der Waals surface area contributed by atoms with Crippen molar-refractivity contribution < 1.29 is 9.47 Å². The van der Waals surface area contributed by atoms with E-state index in [4.69, 9.17) is 19.5 Å². The third-order valence-electron chi connectivity index (χ3n) is 14.1. The smallest absolute Gasteiger partial charge is 0.228 e. The minimum Gasteiger partial charge on any atom is -0.459 e. The topological polar surface area (TPSA) is 75.4 Å². The number of fused-ring (bicyclic) bond motifs is 8. The number of rotatable bonds is 7. The number of ether oxygens (including phenoxy) is 2. The number of pyridine rings is 2. The third-order valence-corrected chi connectivity index (χ3v) is 14.1. The normalized spacial score (nSPS) is 21.7.